The quantitative estimate of drug-likeness (QED) is 0.130. The summed E-state index contributed by atoms with van der Waals surface area (Å²) in [5.74, 6) is -1.13. The third kappa shape index (κ3) is 10.9. The summed E-state index contributed by atoms with van der Waals surface area (Å²) in [6.45, 7) is 1.85. The fraction of sp³-hybridized carbons (Fsp3) is 0.444. The van der Waals surface area contributed by atoms with Crippen LogP contribution in [0.4, 0.5) is 27.6 Å². The van der Waals surface area contributed by atoms with E-state index >= 15 is 0 Å². The maximum atomic E-state index is 13.5. The minimum absolute atomic E-state index is 0.0785. The molecule has 1 fully saturated rings. The van der Waals surface area contributed by atoms with Gasteiger partial charge in [-0.15, -0.1) is 0 Å². The maximum absolute atomic E-state index is 13.5. The Bertz CT molecular complexity index is 1740. The van der Waals surface area contributed by atoms with Gasteiger partial charge in [-0.25, -0.2) is 8.42 Å². The highest BCUT2D eigenvalue weighted by molar-refractivity contribution is 7.91. The van der Waals surface area contributed by atoms with Crippen LogP contribution in [0.1, 0.15) is 61.1 Å². The van der Waals surface area contributed by atoms with Gasteiger partial charge in [-0.2, -0.15) is 22.0 Å². The van der Waals surface area contributed by atoms with E-state index in [0.717, 1.165) is 12.1 Å². The molecule has 1 aliphatic heterocycles. The lowest BCUT2D eigenvalue weighted by atomic mass is 10.0. The van der Waals surface area contributed by atoms with Crippen molar-refractivity contribution in [2.45, 2.75) is 75.5 Å². The third-order valence-electron chi connectivity index (χ3n) is 8.70. The van der Waals surface area contributed by atoms with Crippen LogP contribution in [0.3, 0.4) is 0 Å². The van der Waals surface area contributed by atoms with Crippen LogP contribution in [0.5, 0.6) is 5.75 Å². The van der Waals surface area contributed by atoms with Crippen molar-refractivity contribution in [2.24, 2.45) is 11.7 Å². The first-order valence-electron chi connectivity index (χ1n) is 16.6. The number of benzene rings is 3. The van der Waals surface area contributed by atoms with Crippen molar-refractivity contribution < 1.29 is 54.2 Å². The molecule has 3 N–H and O–H groups in total. The second-order valence-electron chi connectivity index (χ2n) is 12.7. The van der Waals surface area contributed by atoms with E-state index in [9.17, 15) is 40.0 Å². The van der Waals surface area contributed by atoms with E-state index in [0.29, 0.717) is 11.3 Å². The summed E-state index contributed by atoms with van der Waals surface area (Å²) in [6, 6.07) is 14.5. The molecule has 1 aliphatic rings. The van der Waals surface area contributed by atoms with Gasteiger partial charge in [0, 0.05) is 24.1 Å². The molecule has 10 nitrogen and oxygen atoms in total. The Morgan fingerprint density at radius 2 is 1.62 bits per heavy atom. The Hall–Kier alpha value is -4.28. The Labute approximate surface area is 299 Å². The molecule has 4 rings (SSSR count). The average Bonchev–Trinajstić information content (AvgIpc) is 3.52. The Morgan fingerprint density at radius 3 is 2.17 bits per heavy atom. The first-order chi connectivity index (χ1) is 24.5. The molecule has 284 valence electrons. The normalized spacial score (nSPS) is 17.6. The largest absolute Gasteiger partial charge is 0.489 e. The van der Waals surface area contributed by atoms with E-state index in [1.54, 1.807) is 43.0 Å². The minimum atomic E-state index is -4.51. The van der Waals surface area contributed by atoms with Crippen LogP contribution < -0.4 is 20.7 Å². The molecule has 16 heteroatoms. The SMILES string of the molecule is CCS(=O)(=O)c1ccc(C(CCOC(=O)C(N)C(C)C)NC(=O)c2ccc(N3C[C@@H](Oc4ccc(C(F)(F)F)cc4)C[C@H]3COC(F)F)cc2)cc1. The van der Waals surface area contributed by atoms with E-state index < -0.39 is 64.3 Å². The zero-order valence-corrected chi connectivity index (χ0v) is 29.6. The molecule has 0 bridgehead atoms. The Balaban J connectivity index is 1.48. The van der Waals surface area contributed by atoms with Gasteiger partial charge >= 0.3 is 18.8 Å². The van der Waals surface area contributed by atoms with Gasteiger partial charge < -0.3 is 30.2 Å². The zero-order chi connectivity index (χ0) is 38.2. The number of rotatable bonds is 16. The van der Waals surface area contributed by atoms with Gasteiger partial charge in [-0.3, -0.25) is 9.59 Å². The summed E-state index contributed by atoms with van der Waals surface area (Å²) in [6.07, 6.45) is -4.68. The van der Waals surface area contributed by atoms with Crippen LogP contribution in [0, 0.1) is 5.92 Å². The van der Waals surface area contributed by atoms with Gasteiger partial charge in [-0.1, -0.05) is 32.9 Å². The first-order valence-corrected chi connectivity index (χ1v) is 18.3. The second kappa shape index (κ2) is 17.5. The molecule has 1 heterocycles. The number of amides is 1. The van der Waals surface area contributed by atoms with Gasteiger partial charge in [0.15, 0.2) is 9.84 Å². The van der Waals surface area contributed by atoms with E-state index in [-0.39, 0.29) is 60.5 Å². The number of alkyl halides is 5. The van der Waals surface area contributed by atoms with Gasteiger partial charge in [-0.05, 0) is 72.1 Å². The predicted octanol–water partition coefficient (Wildman–Crippen LogP) is 6.15. The highest BCUT2D eigenvalue weighted by atomic mass is 32.2. The van der Waals surface area contributed by atoms with Crippen molar-refractivity contribution in [1.82, 2.24) is 5.32 Å². The van der Waals surface area contributed by atoms with Crippen LogP contribution in [0.2, 0.25) is 0 Å². The fourth-order valence-corrected chi connectivity index (χ4v) is 6.50. The number of anilines is 1. The number of hydrogen-bond acceptors (Lipinski definition) is 9. The van der Waals surface area contributed by atoms with E-state index in [1.807, 2.05) is 0 Å². The summed E-state index contributed by atoms with van der Waals surface area (Å²) in [5, 5.41) is 2.91. The Kier molecular flexibility index (Phi) is 13.6. The number of halogens is 5. The molecule has 1 amide bonds. The summed E-state index contributed by atoms with van der Waals surface area (Å²) < 4.78 is 105. The van der Waals surface area contributed by atoms with Crippen molar-refractivity contribution in [3.63, 3.8) is 0 Å². The van der Waals surface area contributed by atoms with Crippen LogP contribution in [0.25, 0.3) is 0 Å². The minimum Gasteiger partial charge on any atom is -0.489 e. The number of esters is 1. The van der Waals surface area contributed by atoms with Gasteiger partial charge in [0.1, 0.15) is 17.9 Å². The highest BCUT2D eigenvalue weighted by Gasteiger charge is 2.35. The number of nitrogens with two attached hydrogens (primary N) is 1. The predicted molar refractivity (Wildman–Crippen MR) is 183 cm³/mol. The molecule has 0 aromatic heterocycles. The van der Waals surface area contributed by atoms with Gasteiger partial charge in [0.2, 0.25) is 0 Å². The summed E-state index contributed by atoms with van der Waals surface area (Å²) >= 11 is 0. The number of nitrogens with zero attached hydrogens (tertiary/aromatic N) is 1. The Morgan fingerprint density at radius 1 is 0.981 bits per heavy atom. The monoisotopic (exact) mass is 755 g/mol. The molecule has 0 saturated carbocycles. The molecular weight excluding hydrogens is 713 g/mol. The third-order valence-corrected chi connectivity index (χ3v) is 10.5. The van der Waals surface area contributed by atoms with Crippen molar-refractivity contribution in [3.05, 3.63) is 89.5 Å². The van der Waals surface area contributed by atoms with Gasteiger partial charge in [0.05, 0.1) is 48.1 Å². The molecule has 1 saturated heterocycles. The number of hydrogen-bond donors (Lipinski definition) is 2. The van der Waals surface area contributed by atoms with Crippen molar-refractivity contribution in [1.29, 1.82) is 0 Å². The van der Waals surface area contributed by atoms with E-state index in [4.69, 9.17) is 15.2 Å². The smallest absolute Gasteiger partial charge is 0.416 e. The van der Waals surface area contributed by atoms with E-state index in [2.05, 4.69) is 10.1 Å². The van der Waals surface area contributed by atoms with Crippen LogP contribution in [-0.2, 0) is 30.3 Å². The van der Waals surface area contributed by atoms with Crippen LogP contribution >= 0.6 is 0 Å². The molecule has 2 unspecified atom stereocenters. The topological polar surface area (TPSA) is 137 Å². The van der Waals surface area contributed by atoms with Crippen molar-refractivity contribution in [2.75, 3.05) is 30.4 Å². The zero-order valence-electron chi connectivity index (χ0n) is 28.8. The number of ether oxygens (including phenoxy) is 3. The molecule has 0 aliphatic carbocycles. The summed E-state index contributed by atoms with van der Waals surface area (Å²) in [4.78, 5) is 27.7. The van der Waals surface area contributed by atoms with Gasteiger partial charge in [0.25, 0.3) is 5.91 Å². The van der Waals surface area contributed by atoms with Crippen LogP contribution in [0.15, 0.2) is 77.7 Å². The molecule has 3 aromatic carbocycles. The van der Waals surface area contributed by atoms with Crippen molar-refractivity contribution >= 4 is 27.4 Å². The lowest BCUT2D eigenvalue weighted by Gasteiger charge is -2.26. The standard InChI is InChI=1S/C36H42F5N3O7S/c1-4-52(47,48)30-15-7-23(8-16-30)31(17-18-49-34(46)32(42)22(2)3)43-33(45)24-5-11-26(12-6-24)44-20-29(19-27(44)21-50-35(37)38)51-28-13-9-25(10-14-28)36(39,40)41/h5-16,22,27,29,31-32,35H,4,17-21,42H2,1-3H3,(H,43,45)/t27-,29-,31?,32?/m0/s1. The average molecular weight is 756 g/mol. The first kappa shape index (κ1) is 40.5. The van der Waals surface area contributed by atoms with Crippen molar-refractivity contribution in [3.8, 4) is 5.75 Å². The molecular formula is C36H42F5N3O7S. The summed E-state index contributed by atoms with van der Waals surface area (Å²) in [5.41, 5.74) is 6.44. The number of nitrogens with one attached hydrogen (secondary N) is 1. The molecule has 0 radical (unpaired) electrons. The maximum Gasteiger partial charge on any atom is 0.416 e. The highest BCUT2D eigenvalue weighted by Crippen LogP contribution is 2.33. The lowest BCUT2D eigenvalue weighted by molar-refractivity contribution is -0.146. The lowest BCUT2D eigenvalue weighted by Crippen LogP contribution is -2.37. The van der Waals surface area contributed by atoms with E-state index in [1.165, 1.54) is 43.3 Å². The van der Waals surface area contributed by atoms with Crippen LogP contribution in [-0.4, -0.2) is 70.6 Å². The fourth-order valence-electron chi connectivity index (χ4n) is 5.62. The molecule has 4 atom stereocenters. The molecule has 52 heavy (non-hydrogen) atoms. The molecule has 3 aromatic rings. The summed E-state index contributed by atoms with van der Waals surface area (Å²) in [7, 11) is -3.47. The number of carbonyl (C=O) groups excluding carboxylic acids is 2. The second-order valence-corrected chi connectivity index (χ2v) is 14.9. The number of sulfone groups is 1. The molecule has 0 spiro atoms. The number of carbonyl (C=O) groups is 2.